The highest BCUT2D eigenvalue weighted by molar-refractivity contribution is 5.40. The van der Waals surface area contributed by atoms with E-state index in [2.05, 4.69) is 35.1 Å². The first-order valence-corrected chi connectivity index (χ1v) is 7.24. The molecule has 4 heteroatoms. The van der Waals surface area contributed by atoms with Crippen LogP contribution in [0.15, 0.2) is 48.5 Å². The quantitative estimate of drug-likeness (QED) is 0.754. The normalized spacial score (nSPS) is 21.4. The average molecular weight is 283 g/mol. The van der Waals surface area contributed by atoms with Crippen LogP contribution in [0.3, 0.4) is 0 Å². The number of nitrogen functional groups attached to an aromatic ring is 1. The minimum absolute atomic E-state index is 0.342. The number of rotatable bonds is 4. The van der Waals surface area contributed by atoms with Crippen LogP contribution in [-0.4, -0.2) is 13.2 Å². The van der Waals surface area contributed by atoms with E-state index in [0.29, 0.717) is 12.1 Å². The first-order valence-electron chi connectivity index (χ1n) is 7.24. The van der Waals surface area contributed by atoms with E-state index in [-0.39, 0.29) is 0 Å². The van der Waals surface area contributed by atoms with Gasteiger partial charge in [0.1, 0.15) is 5.75 Å². The van der Waals surface area contributed by atoms with Crippen molar-refractivity contribution < 1.29 is 4.74 Å². The van der Waals surface area contributed by atoms with E-state index in [0.717, 1.165) is 24.3 Å². The fourth-order valence-corrected chi connectivity index (χ4v) is 2.75. The number of nitrogens with one attached hydrogen (secondary N) is 2. The minimum atomic E-state index is 0.342. The Labute approximate surface area is 125 Å². The van der Waals surface area contributed by atoms with Gasteiger partial charge in [0, 0.05) is 17.8 Å². The van der Waals surface area contributed by atoms with E-state index >= 15 is 0 Å². The maximum Gasteiger partial charge on any atom is 0.118 e. The number of nitrogens with two attached hydrogens (primary N) is 1. The molecule has 2 aromatic rings. The lowest BCUT2D eigenvalue weighted by Crippen LogP contribution is -2.32. The largest absolute Gasteiger partial charge is 0.497 e. The molecule has 0 saturated carbocycles. The molecule has 0 aromatic heterocycles. The van der Waals surface area contributed by atoms with Gasteiger partial charge in [0.25, 0.3) is 0 Å². The van der Waals surface area contributed by atoms with Gasteiger partial charge in [0.2, 0.25) is 0 Å². The molecule has 1 heterocycles. The highest BCUT2D eigenvalue weighted by Crippen LogP contribution is 2.25. The molecule has 21 heavy (non-hydrogen) atoms. The number of methoxy groups -OCH3 is 1. The molecular formula is C17H21N3O. The number of ether oxygens (including phenoxy) is 1. The van der Waals surface area contributed by atoms with Crippen LogP contribution in [0.2, 0.25) is 0 Å². The van der Waals surface area contributed by atoms with Crippen molar-refractivity contribution in [3.8, 4) is 5.75 Å². The van der Waals surface area contributed by atoms with Crippen molar-refractivity contribution in [3.05, 3.63) is 59.7 Å². The first kappa shape index (κ1) is 13.9. The van der Waals surface area contributed by atoms with Crippen LogP contribution >= 0.6 is 0 Å². The lowest BCUT2D eigenvalue weighted by atomic mass is 9.98. The van der Waals surface area contributed by atoms with Gasteiger partial charge in [-0.1, -0.05) is 24.3 Å². The summed E-state index contributed by atoms with van der Waals surface area (Å²) in [5, 5.41) is 0. The van der Waals surface area contributed by atoms with Crippen molar-refractivity contribution >= 4 is 5.69 Å². The molecule has 2 unspecified atom stereocenters. The molecule has 0 spiro atoms. The van der Waals surface area contributed by atoms with Gasteiger partial charge >= 0.3 is 0 Å². The molecule has 3 rings (SSSR count). The summed E-state index contributed by atoms with van der Waals surface area (Å²) in [5.41, 5.74) is 15.9. The van der Waals surface area contributed by atoms with Crippen molar-refractivity contribution in [2.24, 2.45) is 0 Å². The summed E-state index contributed by atoms with van der Waals surface area (Å²) in [4.78, 5) is 0. The molecule has 1 aliphatic rings. The topological polar surface area (TPSA) is 59.3 Å². The molecular weight excluding hydrogens is 262 g/mol. The maximum atomic E-state index is 5.73. The smallest absolute Gasteiger partial charge is 0.118 e. The van der Waals surface area contributed by atoms with E-state index in [1.807, 2.05) is 24.3 Å². The molecule has 2 atom stereocenters. The van der Waals surface area contributed by atoms with Crippen molar-refractivity contribution in [1.82, 2.24) is 10.9 Å². The van der Waals surface area contributed by atoms with Gasteiger partial charge in [-0.25, -0.2) is 0 Å². The SMILES string of the molecule is COc1ccc(CC2CC(c3ccc(N)cc3)NN2)cc1. The molecule has 1 fully saturated rings. The van der Waals surface area contributed by atoms with Gasteiger partial charge in [-0.3, -0.25) is 10.9 Å². The fourth-order valence-electron chi connectivity index (χ4n) is 2.75. The molecule has 1 saturated heterocycles. The first-order chi connectivity index (χ1) is 10.2. The Hall–Kier alpha value is -2.04. The van der Waals surface area contributed by atoms with E-state index in [9.17, 15) is 0 Å². The predicted molar refractivity (Wildman–Crippen MR) is 85.0 cm³/mol. The summed E-state index contributed by atoms with van der Waals surface area (Å²) >= 11 is 0. The molecule has 4 nitrogen and oxygen atoms in total. The highest BCUT2D eigenvalue weighted by Gasteiger charge is 2.24. The van der Waals surface area contributed by atoms with Crippen molar-refractivity contribution in [2.75, 3.05) is 12.8 Å². The molecule has 1 aliphatic heterocycles. The predicted octanol–water partition coefficient (Wildman–Crippen LogP) is 2.43. The summed E-state index contributed by atoms with van der Waals surface area (Å²) in [5.74, 6) is 0.899. The second-order valence-corrected chi connectivity index (χ2v) is 5.49. The molecule has 2 aromatic carbocycles. The molecule has 0 bridgehead atoms. The number of hydrogen-bond donors (Lipinski definition) is 3. The Morgan fingerprint density at radius 3 is 2.43 bits per heavy atom. The van der Waals surface area contributed by atoms with Gasteiger partial charge in [0.05, 0.1) is 7.11 Å². The van der Waals surface area contributed by atoms with Crippen molar-refractivity contribution in [3.63, 3.8) is 0 Å². The standard InChI is InChI=1S/C17H21N3O/c1-21-16-8-2-12(3-9-16)10-15-11-17(20-19-15)13-4-6-14(18)7-5-13/h2-9,15,17,19-20H,10-11,18H2,1H3. The number of hydrazine groups is 1. The summed E-state index contributed by atoms with van der Waals surface area (Å²) in [6.07, 6.45) is 2.07. The molecule has 4 N–H and O–H groups in total. The van der Waals surface area contributed by atoms with Crippen LogP contribution in [0.5, 0.6) is 5.75 Å². The van der Waals surface area contributed by atoms with Gasteiger partial charge in [-0.2, -0.15) is 0 Å². The Morgan fingerprint density at radius 1 is 1.05 bits per heavy atom. The van der Waals surface area contributed by atoms with Gasteiger partial charge < -0.3 is 10.5 Å². The zero-order valence-corrected chi connectivity index (χ0v) is 12.2. The zero-order valence-electron chi connectivity index (χ0n) is 12.2. The Morgan fingerprint density at radius 2 is 1.76 bits per heavy atom. The number of hydrogen-bond acceptors (Lipinski definition) is 4. The monoisotopic (exact) mass is 283 g/mol. The summed E-state index contributed by atoms with van der Waals surface area (Å²) in [6.45, 7) is 0. The molecule has 0 aliphatic carbocycles. The third-order valence-electron chi connectivity index (χ3n) is 3.96. The van der Waals surface area contributed by atoms with Crippen LogP contribution in [0.4, 0.5) is 5.69 Å². The van der Waals surface area contributed by atoms with Gasteiger partial charge in [0.15, 0.2) is 0 Å². The average Bonchev–Trinajstić information content (AvgIpc) is 2.97. The third-order valence-corrected chi connectivity index (χ3v) is 3.96. The zero-order chi connectivity index (χ0) is 14.7. The third kappa shape index (κ3) is 3.35. The van der Waals surface area contributed by atoms with Crippen LogP contribution in [-0.2, 0) is 6.42 Å². The van der Waals surface area contributed by atoms with E-state index in [1.165, 1.54) is 11.1 Å². The summed E-state index contributed by atoms with van der Waals surface area (Å²) in [7, 11) is 1.69. The van der Waals surface area contributed by atoms with E-state index in [4.69, 9.17) is 10.5 Å². The Bertz CT molecular complexity index is 580. The van der Waals surface area contributed by atoms with E-state index < -0.39 is 0 Å². The maximum absolute atomic E-state index is 5.73. The van der Waals surface area contributed by atoms with Gasteiger partial charge in [-0.05, 0) is 48.2 Å². The number of benzene rings is 2. The van der Waals surface area contributed by atoms with Crippen molar-refractivity contribution in [2.45, 2.75) is 24.9 Å². The Kier molecular flexibility index (Phi) is 4.08. The van der Waals surface area contributed by atoms with Crippen LogP contribution in [0, 0.1) is 0 Å². The minimum Gasteiger partial charge on any atom is -0.497 e. The summed E-state index contributed by atoms with van der Waals surface area (Å²) in [6, 6.07) is 17.1. The summed E-state index contributed by atoms with van der Waals surface area (Å²) < 4.78 is 5.19. The van der Waals surface area contributed by atoms with Crippen LogP contribution in [0.1, 0.15) is 23.6 Å². The van der Waals surface area contributed by atoms with Gasteiger partial charge in [-0.15, -0.1) is 0 Å². The molecule has 0 radical (unpaired) electrons. The van der Waals surface area contributed by atoms with Crippen LogP contribution in [0.25, 0.3) is 0 Å². The second-order valence-electron chi connectivity index (χ2n) is 5.49. The van der Waals surface area contributed by atoms with E-state index in [1.54, 1.807) is 7.11 Å². The second kappa shape index (κ2) is 6.16. The highest BCUT2D eigenvalue weighted by atomic mass is 16.5. The molecule has 0 amide bonds. The lowest BCUT2D eigenvalue weighted by Gasteiger charge is -2.10. The van der Waals surface area contributed by atoms with Crippen molar-refractivity contribution in [1.29, 1.82) is 0 Å². The Balaban J connectivity index is 1.60. The molecule has 110 valence electrons. The number of anilines is 1. The fraction of sp³-hybridized carbons (Fsp3) is 0.294. The lowest BCUT2D eigenvalue weighted by molar-refractivity contribution is 0.414. The van der Waals surface area contributed by atoms with Crippen LogP contribution < -0.4 is 21.3 Å².